The molecule has 0 aromatic heterocycles. The molecule has 0 spiro atoms. The molecular formula is C27H33N3O5. The number of rotatable bonds is 7. The van der Waals surface area contributed by atoms with E-state index in [-0.39, 0.29) is 37.3 Å². The van der Waals surface area contributed by atoms with Crippen LogP contribution in [0.2, 0.25) is 0 Å². The van der Waals surface area contributed by atoms with Gasteiger partial charge in [0.2, 0.25) is 5.91 Å². The Labute approximate surface area is 205 Å². The first kappa shape index (κ1) is 24.7. The minimum absolute atomic E-state index is 0.00201. The fourth-order valence-corrected chi connectivity index (χ4v) is 4.93. The number of hydrogen-bond donors (Lipinski definition) is 2. The van der Waals surface area contributed by atoms with Crippen molar-refractivity contribution in [1.29, 1.82) is 0 Å². The first-order valence-corrected chi connectivity index (χ1v) is 12.1. The largest absolute Gasteiger partial charge is 0.480 e. The van der Waals surface area contributed by atoms with Crippen molar-refractivity contribution in [2.24, 2.45) is 5.92 Å². The molecule has 4 rings (SSSR count). The van der Waals surface area contributed by atoms with E-state index in [0.29, 0.717) is 13.1 Å². The number of piperazine rings is 1. The summed E-state index contributed by atoms with van der Waals surface area (Å²) in [5.41, 5.74) is 4.60. The van der Waals surface area contributed by atoms with Crippen molar-refractivity contribution in [3.05, 3.63) is 59.7 Å². The number of alkyl carbamates (subject to hydrolysis) is 1. The highest BCUT2D eigenvalue weighted by molar-refractivity contribution is 5.81. The molecule has 35 heavy (non-hydrogen) atoms. The van der Waals surface area contributed by atoms with Crippen LogP contribution in [0.15, 0.2) is 48.5 Å². The predicted molar refractivity (Wildman–Crippen MR) is 132 cm³/mol. The topological polar surface area (TPSA) is 99.2 Å². The number of aliphatic carboxylic acids is 1. The number of benzene rings is 2. The van der Waals surface area contributed by atoms with Crippen molar-refractivity contribution in [1.82, 2.24) is 15.1 Å². The van der Waals surface area contributed by atoms with Gasteiger partial charge < -0.3 is 20.1 Å². The van der Waals surface area contributed by atoms with Gasteiger partial charge in [0.05, 0.1) is 0 Å². The molecule has 1 saturated heterocycles. The lowest BCUT2D eigenvalue weighted by Crippen LogP contribution is -2.57. The van der Waals surface area contributed by atoms with E-state index >= 15 is 0 Å². The zero-order valence-electron chi connectivity index (χ0n) is 20.4. The molecule has 0 radical (unpaired) electrons. The molecule has 1 aliphatic carbocycles. The van der Waals surface area contributed by atoms with E-state index in [1.165, 1.54) is 0 Å². The summed E-state index contributed by atoms with van der Waals surface area (Å²) in [5, 5.41) is 12.3. The lowest BCUT2D eigenvalue weighted by atomic mass is 9.98. The maximum atomic E-state index is 12.9. The van der Waals surface area contributed by atoms with Crippen LogP contribution < -0.4 is 5.32 Å². The predicted octanol–water partition coefficient (Wildman–Crippen LogP) is 3.17. The van der Waals surface area contributed by atoms with Gasteiger partial charge in [0.25, 0.3) is 0 Å². The van der Waals surface area contributed by atoms with Gasteiger partial charge in [-0.2, -0.15) is 0 Å². The molecule has 1 aliphatic heterocycles. The van der Waals surface area contributed by atoms with Gasteiger partial charge in [0, 0.05) is 38.0 Å². The van der Waals surface area contributed by atoms with Crippen molar-refractivity contribution in [2.45, 2.75) is 38.3 Å². The highest BCUT2D eigenvalue weighted by Crippen LogP contribution is 2.44. The number of nitrogens with one attached hydrogen (secondary N) is 1. The Bertz CT molecular complexity index is 1060. The normalized spacial score (nSPS) is 18.6. The molecular weight excluding hydrogens is 446 g/mol. The third-order valence-electron chi connectivity index (χ3n) is 7.13. The van der Waals surface area contributed by atoms with Crippen LogP contribution in [0, 0.1) is 5.92 Å². The quantitative estimate of drug-likeness (QED) is 0.633. The van der Waals surface area contributed by atoms with Gasteiger partial charge in [-0.05, 0) is 35.2 Å². The van der Waals surface area contributed by atoms with Gasteiger partial charge in [-0.15, -0.1) is 0 Å². The summed E-state index contributed by atoms with van der Waals surface area (Å²) in [6, 6.07) is 15.2. The summed E-state index contributed by atoms with van der Waals surface area (Å²) in [5.74, 6) is -1.14. The Kier molecular flexibility index (Phi) is 7.40. The Morgan fingerprint density at radius 1 is 1.03 bits per heavy atom. The molecule has 1 fully saturated rings. The summed E-state index contributed by atoms with van der Waals surface area (Å²) in [6.45, 7) is 5.18. The standard InChI is InChI=1S/C27H33N3O5/c1-17(2)23(14-25(31)30-13-12-29(3)24(15-30)26(32)33)28-27(34)35-16-22-20-10-6-4-8-18(20)19-9-5-7-11-21(19)22/h4-11,17,22-24H,12-16H2,1-3H3,(H,28,34)(H,32,33)/t23-,24?/m0/s1. The smallest absolute Gasteiger partial charge is 0.407 e. The number of fused-ring (bicyclic) bond motifs is 3. The molecule has 0 saturated carbocycles. The number of carboxylic acid groups (broad SMARTS) is 1. The van der Waals surface area contributed by atoms with Crippen LogP contribution in [0.3, 0.4) is 0 Å². The van der Waals surface area contributed by atoms with Crippen LogP contribution in [0.4, 0.5) is 4.79 Å². The molecule has 2 aromatic rings. The van der Waals surface area contributed by atoms with E-state index in [9.17, 15) is 19.5 Å². The zero-order chi connectivity index (χ0) is 25.1. The van der Waals surface area contributed by atoms with Gasteiger partial charge in [0.1, 0.15) is 12.6 Å². The summed E-state index contributed by atoms with van der Waals surface area (Å²) in [7, 11) is 1.75. The number of likely N-dealkylation sites (N-methyl/N-ethyl adjacent to an activating group) is 1. The molecule has 8 nitrogen and oxygen atoms in total. The molecule has 1 unspecified atom stereocenters. The number of hydrogen-bond acceptors (Lipinski definition) is 5. The molecule has 2 N–H and O–H groups in total. The Balaban J connectivity index is 1.36. The van der Waals surface area contributed by atoms with E-state index in [1.807, 2.05) is 38.1 Å². The number of ether oxygens (including phenoxy) is 1. The van der Waals surface area contributed by atoms with Crippen molar-refractivity contribution >= 4 is 18.0 Å². The molecule has 0 bridgehead atoms. The van der Waals surface area contributed by atoms with E-state index in [2.05, 4.69) is 29.6 Å². The van der Waals surface area contributed by atoms with Crippen molar-refractivity contribution in [3.63, 3.8) is 0 Å². The van der Waals surface area contributed by atoms with Crippen LogP contribution in [0.5, 0.6) is 0 Å². The second-order valence-corrected chi connectivity index (χ2v) is 9.70. The highest BCUT2D eigenvalue weighted by Gasteiger charge is 2.34. The van der Waals surface area contributed by atoms with Crippen LogP contribution in [-0.4, -0.2) is 78.2 Å². The SMILES string of the molecule is CC(C)[C@H](CC(=O)N1CCN(C)C(C(=O)O)C1)NC(=O)OCC1c2ccccc2-c2ccccc21. The average molecular weight is 480 g/mol. The Hall–Kier alpha value is -3.39. The second kappa shape index (κ2) is 10.5. The van der Waals surface area contributed by atoms with E-state index < -0.39 is 24.1 Å². The number of nitrogens with zero attached hydrogens (tertiary/aromatic N) is 2. The van der Waals surface area contributed by atoms with Crippen LogP contribution >= 0.6 is 0 Å². The summed E-state index contributed by atoms with van der Waals surface area (Å²) in [6.07, 6.45) is -0.460. The van der Waals surface area contributed by atoms with Gasteiger partial charge >= 0.3 is 12.1 Å². The van der Waals surface area contributed by atoms with Gasteiger partial charge in [0.15, 0.2) is 0 Å². The number of carboxylic acids is 1. The van der Waals surface area contributed by atoms with Crippen LogP contribution in [0.25, 0.3) is 11.1 Å². The summed E-state index contributed by atoms with van der Waals surface area (Å²) < 4.78 is 5.65. The molecule has 2 aromatic carbocycles. The number of carbonyl (C=O) groups is 3. The lowest BCUT2D eigenvalue weighted by Gasteiger charge is -2.38. The fourth-order valence-electron chi connectivity index (χ4n) is 4.93. The lowest BCUT2D eigenvalue weighted by molar-refractivity contribution is -0.147. The average Bonchev–Trinajstić information content (AvgIpc) is 3.16. The Morgan fingerprint density at radius 2 is 1.63 bits per heavy atom. The second-order valence-electron chi connectivity index (χ2n) is 9.70. The monoisotopic (exact) mass is 479 g/mol. The van der Waals surface area contributed by atoms with Crippen molar-refractivity contribution < 1.29 is 24.2 Å². The third-order valence-corrected chi connectivity index (χ3v) is 7.13. The number of carbonyl (C=O) groups excluding carboxylic acids is 2. The Morgan fingerprint density at radius 3 is 2.20 bits per heavy atom. The highest BCUT2D eigenvalue weighted by atomic mass is 16.5. The van der Waals surface area contributed by atoms with E-state index in [1.54, 1.807) is 16.8 Å². The third kappa shape index (κ3) is 5.32. The van der Waals surface area contributed by atoms with Crippen molar-refractivity contribution in [2.75, 3.05) is 33.3 Å². The van der Waals surface area contributed by atoms with Crippen molar-refractivity contribution in [3.8, 4) is 11.1 Å². The minimum atomic E-state index is -0.942. The maximum absolute atomic E-state index is 12.9. The van der Waals surface area contributed by atoms with Crippen LogP contribution in [0.1, 0.15) is 37.3 Å². The fraction of sp³-hybridized carbons (Fsp3) is 0.444. The maximum Gasteiger partial charge on any atom is 0.407 e. The molecule has 8 heteroatoms. The minimum Gasteiger partial charge on any atom is -0.480 e. The van der Waals surface area contributed by atoms with Gasteiger partial charge in [-0.3, -0.25) is 14.5 Å². The molecule has 2 atom stereocenters. The van der Waals surface area contributed by atoms with Gasteiger partial charge in [-0.1, -0.05) is 62.4 Å². The van der Waals surface area contributed by atoms with Crippen LogP contribution in [-0.2, 0) is 14.3 Å². The first-order chi connectivity index (χ1) is 16.8. The summed E-state index contributed by atoms with van der Waals surface area (Å²) in [4.78, 5) is 40.5. The summed E-state index contributed by atoms with van der Waals surface area (Å²) >= 11 is 0. The molecule has 186 valence electrons. The number of amides is 2. The van der Waals surface area contributed by atoms with E-state index in [4.69, 9.17) is 4.74 Å². The van der Waals surface area contributed by atoms with E-state index in [0.717, 1.165) is 22.3 Å². The molecule has 2 aliphatic rings. The molecule has 1 heterocycles. The first-order valence-electron chi connectivity index (χ1n) is 12.1. The van der Waals surface area contributed by atoms with Gasteiger partial charge in [-0.25, -0.2) is 4.79 Å². The molecule has 2 amide bonds. The zero-order valence-corrected chi connectivity index (χ0v) is 20.4.